The SMILES string of the molecule is CCCCNC(=O)N(C)CC1CC(N)C1. The maximum absolute atomic E-state index is 11.6. The van der Waals surface area contributed by atoms with Gasteiger partial charge in [0.1, 0.15) is 0 Å². The van der Waals surface area contributed by atoms with Crippen LogP contribution >= 0.6 is 0 Å². The zero-order valence-corrected chi connectivity index (χ0v) is 9.83. The Labute approximate surface area is 92.2 Å². The first-order valence-electron chi connectivity index (χ1n) is 5.88. The molecule has 1 aliphatic carbocycles. The zero-order chi connectivity index (χ0) is 11.3. The molecule has 0 atom stereocenters. The van der Waals surface area contributed by atoms with Crippen LogP contribution in [-0.4, -0.2) is 37.1 Å². The molecule has 2 amide bonds. The number of rotatable bonds is 5. The zero-order valence-electron chi connectivity index (χ0n) is 9.83. The van der Waals surface area contributed by atoms with E-state index in [4.69, 9.17) is 5.73 Å². The quantitative estimate of drug-likeness (QED) is 0.673. The highest BCUT2D eigenvalue weighted by Crippen LogP contribution is 2.25. The van der Waals surface area contributed by atoms with E-state index in [0.29, 0.717) is 12.0 Å². The van der Waals surface area contributed by atoms with Gasteiger partial charge in [-0.25, -0.2) is 4.79 Å². The van der Waals surface area contributed by atoms with Gasteiger partial charge in [-0.15, -0.1) is 0 Å². The van der Waals surface area contributed by atoms with Gasteiger partial charge in [0, 0.05) is 26.2 Å². The van der Waals surface area contributed by atoms with Crippen molar-refractivity contribution in [3.63, 3.8) is 0 Å². The highest BCUT2D eigenvalue weighted by molar-refractivity contribution is 5.73. The Bertz CT molecular complexity index is 202. The molecule has 88 valence electrons. The predicted octanol–water partition coefficient (Wildman–Crippen LogP) is 1.17. The fraction of sp³-hybridized carbons (Fsp3) is 0.909. The van der Waals surface area contributed by atoms with Crippen LogP contribution in [0.3, 0.4) is 0 Å². The number of nitrogens with one attached hydrogen (secondary N) is 1. The molecule has 15 heavy (non-hydrogen) atoms. The molecule has 0 aromatic heterocycles. The van der Waals surface area contributed by atoms with E-state index in [0.717, 1.165) is 38.8 Å². The Morgan fingerprint density at radius 3 is 2.73 bits per heavy atom. The lowest BCUT2D eigenvalue weighted by molar-refractivity contribution is 0.172. The lowest BCUT2D eigenvalue weighted by atomic mass is 9.81. The third kappa shape index (κ3) is 4.08. The molecule has 0 heterocycles. The molecule has 0 aromatic rings. The number of urea groups is 1. The first kappa shape index (κ1) is 12.3. The summed E-state index contributed by atoms with van der Waals surface area (Å²) in [6, 6.07) is 0.412. The minimum atomic E-state index is 0.0453. The van der Waals surface area contributed by atoms with E-state index >= 15 is 0 Å². The van der Waals surface area contributed by atoms with E-state index < -0.39 is 0 Å². The van der Waals surface area contributed by atoms with Crippen LogP contribution in [0.2, 0.25) is 0 Å². The first-order valence-corrected chi connectivity index (χ1v) is 5.88. The molecule has 0 aromatic carbocycles. The van der Waals surface area contributed by atoms with Crippen molar-refractivity contribution in [3.8, 4) is 0 Å². The number of carbonyl (C=O) groups is 1. The third-order valence-corrected chi connectivity index (χ3v) is 2.96. The van der Waals surface area contributed by atoms with Crippen molar-refractivity contribution in [1.82, 2.24) is 10.2 Å². The predicted molar refractivity (Wildman–Crippen MR) is 61.6 cm³/mol. The largest absolute Gasteiger partial charge is 0.338 e. The standard InChI is InChI=1S/C11H23N3O/c1-3-4-5-13-11(15)14(2)8-9-6-10(12)7-9/h9-10H,3-8,12H2,1-2H3,(H,13,15). The molecule has 0 aliphatic heterocycles. The van der Waals surface area contributed by atoms with Gasteiger partial charge in [-0.1, -0.05) is 13.3 Å². The molecule has 1 fully saturated rings. The van der Waals surface area contributed by atoms with Crippen molar-refractivity contribution >= 4 is 6.03 Å². The Morgan fingerprint density at radius 2 is 2.20 bits per heavy atom. The van der Waals surface area contributed by atoms with E-state index in [-0.39, 0.29) is 6.03 Å². The lowest BCUT2D eigenvalue weighted by Gasteiger charge is -2.35. The van der Waals surface area contributed by atoms with Crippen LogP contribution in [0.1, 0.15) is 32.6 Å². The topological polar surface area (TPSA) is 58.4 Å². The van der Waals surface area contributed by atoms with Gasteiger partial charge in [0.05, 0.1) is 0 Å². The number of nitrogens with two attached hydrogens (primary N) is 1. The van der Waals surface area contributed by atoms with Crippen molar-refractivity contribution in [1.29, 1.82) is 0 Å². The second-order valence-corrected chi connectivity index (χ2v) is 4.56. The van der Waals surface area contributed by atoms with E-state index in [1.807, 2.05) is 7.05 Å². The average Bonchev–Trinajstić information content (AvgIpc) is 2.15. The van der Waals surface area contributed by atoms with Crippen LogP contribution in [0.4, 0.5) is 4.79 Å². The molecular formula is C11H23N3O. The molecule has 4 nitrogen and oxygen atoms in total. The minimum absolute atomic E-state index is 0.0453. The van der Waals surface area contributed by atoms with E-state index in [2.05, 4.69) is 12.2 Å². The van der Waals surface area contributed by atoms with Gasteiger partial charge in [0.15, 0.2) is 0 Å². The molecule has 0 unspecified atom stereocenters. The van der Waals surface area contributed by atoms with Crippen LogP contribution in [0.15, 0.2) is 0 Å². The normalized spacial score (nSPS) is 24.5. The number of carbonyl (C=O) groups excluding carboxylic acids is 1. The monoisotopic (exact) mass is 213 g/mol. The van der Waals surface area contributed by atoms with Crippen molar-refractivity contribution < 1.29 is 4.79 Å². The van der Waals surface area contributed by atoms with Gasteiger partial charge in [0.2, 0.25) is 0 Å². The summed E-state index contributed by atoms with van der Waals surface area (Å²) in [6.45, 7) is 3.74. The van der Waals surface area contributed by atoms with Crippen molar-refractivity contribution in [2.45, 2.75) is 38.6 Å². The van der Waals surface area contributed by atoms with E-state index in [9.17, 15) is 4.79 Å². The number of nitrogens with zero attached hydrogens (tertiary/aromatic N) is 1. The summed E-state index contributed by atoms with van der Waals surface area (Å²) in [4.78, 5) is 13.3. The second kappa shape index (κ2) is 5.95. The average molecular weight is 213 g/mol. The molecule has 0 saturated heterocycles. The van der Waals surface area contributed by atoms with Crippen molar-refractivity contribution in [3.05, 3.63) is 0 Å². The van der Waals surface area contributed by atoms with Crippen LogP contribution in [0.5, 0.6) is 0 Å². The summed E-state index contributed by atoms with van der Waals surface area (Å²) < 4.78 is 0. The van der Waals surface area contributed by atoms with Gasteiger partial charge in [-0.05, 0) is 25.2 Å². The van der Waals surface area contributed by atoms with Gasteiger partial charge < -0.3 is 16.0 Å². The van der Waals surface area contributed by atoms with Crippen LogP contribution in [0, 0.1) is 5.92 Å². The summed E-state index contributed by atoms with van der Waals surface area (Å²) in [5, 5.41) is 2.90. The van der Waals surface area contributed by atoms with Crippen molar-refractivity contribution in [2.24, 2.45) is 11.7 Å². The highest BCUT2D eigenvalue weighted by Gasteiger charge is 2.27. The molecular weight excluding hydrogens is 190 g/mol. The number of hydrogen-bond acceptors (Lipinski definition) is 2. The highest BCUT2D eigenvalue weighted by atomic mass is 16.2. The maximum Gasteiger partial charge on any atom is 0.317 e. The van der Waals surface area contributed by atoms with E-state index in [1.54, 1.807) is 4.90 Å². The molecule has 4 heteroatoms. The van der Waals surface area contributed by atoms with Gasteiger partial charge in [0.25, 0.3) is 0 Å². The third-order valence-electron chi connectivity index (χ3n) is 2.96. The number of unbranched alkanes of at least 4 members (excludes halogenated alkanes) is 1. The van der Waals surface area contributed by atoms with Crippen LogP contribution in [0.25, 0.3) is 0 Å². The Kier molecular flexibility index (Phi) is 4.88. The summed E-state index contributed by atoms with van der Waals surface area (Å²) in [5.41, 5.74) is 5.70. The van der Waals surface area contributed by atoms with Gasteiger partial charge in [-0.2, -0.15) is 0 Å². The Balaban J connectivity index is 2.10. The fourth-order valence-electron chi connectivity index (χ4n) is 1.91. The van der Waals surface area contributed by atoms with Crippen LogP contribution in [-0.2, 0) is 0 Å². The number of hydrogen-bond donors (Lipinski definition) is 2. The van der Waals surface area contributed by atoms with Gasteiger partial charge >= 0.3 is 6.03 Å². The van der Waals surface area contributed by atoms with E-state index in [1.165, 1.54) is 0 Å². The molecule has 3 N–H and O–H groups in total. The summed E-state index contributed by atoms with van der Waals surface area (Å²) in [7, 11) is 1.85. The van der Waals surface area contributed by atoms with Gasteiger partial charge in [-0.3, -0.25) is 0 Å². The summed E-state index contributed by atoms with van der Waals surface area (Å²) in [6.07, 6.45) is 4.29. The van der Waals surface area contributed by atoms with Crippen molar-refractivity contribution in [2.75, 3.05) is 20.1 Å². The maximum atomic E-state index is 11.6. The molecule has 0 spiro atoms. The number of amides is 2. The van der Waals surface area contributed by atoms with Crippen LogP contribution < -0.4 is 11.1 Å². The molecule has 1 aliphatic rings. The fourth-order valence-corrected chi connectivity index (χ4v) is 1.91. The first-order chi connectivity index (χ1) is 7.13. The second-order valence-electron chi connectivity index (χ2n) is 4.56. The minimum Gasteiger partial charge on any atom is -0.338 e. The molecule has 1 rings (SSSR count). The molecule has 0 bridgehead atoms. The molecule has 0 radical (unpaired) electrons. The smallest absolute Gasteiger partial charge is 0.317 e. The summed E-state index contributed by atoms with van der Waals surface area (Å²) >= 11 is 0. The Hall–Kier alpha value is -0.770. The Morgan fingerprint density at radius 1 is 1.53 bits per heavy atom. The lowest BCUT2D eigenvalue weighted by Crippen LogP contribution is -2.46. The molecule has 1 saturated carbocycles. The summed E-state index contributed by atoms with van der Waals surface area (Å²) in [5.74, 6) is 0.613.